The van der Waals surface area contributed by atoms with E-state index in [0.717, 1.165) is 17.7 Å². The summed E-state index contributed by atoms with van der Waals surface area (Å²) in [5.41, 5.74) is 9.38. The van der Waals surface area contributed by atoms with Gasteiger partial charge in [0.2, 0.25) is 0 Å². The van der Waals surface area contributed by atoms with Crippen LogP contribution in [0.4, 0.5) is 10.1 Å². The molecule has 0 bridgehead atoms. The van der Waals surface area contributed by atoms with Crippen molar-refractivity contribution in [2.45, 2.75) is 19.9 Å². The molecule has 2 rings (SSSR count). The summed E-state index contributed by atoms with van der Waals surface area (Å²) in [5.74, 6) is -0.315. The second-order valence-electron chi connectivity index (χ2n) is 5.09. The Morgan fingerprint density at radius 3 is 2.38 bits per heavy atom. The molecule has 21 heavy (non-hydrogen) atoms. The van der Waals surface area contributed by atoms with Crippen LogP contribution in [0.1, 0.15) is 23.6 Å². The molecule has 0 saturated carbocycles. The molecule has 0 atom stereocenters. The van der Waals surface area contributed by atoms with Gasteiger partial charge >= 0.3 is 0 Å². The van der Waals surface area contributed by atoms with Gasteiger partial charge in [0.15, 0.2) is 0 Å². The van der Waals surface area contributed by atoms with Crippen molar-refractivity contribution >= 4 is 22.9 Å². The highest BCUT2D eigenvalue weighted by Gasteiger charge is 2.07. The Morgan fingerprint density at radius 1 is 1.14 bits per heavy atom. The minimum Gasteiger partial charge on any atom is -0.389 e. The molecule has 0 aromatic heterocycles. The lowest BCUT2D eigenvalue weighted by molar-refractivity contribution is 0.624. The third-order valence-electron chi connectivity index (χ3n) is 3.45. The third-order valence-corrected chi connectivity index (χ3v) is 3.68. The first-order valence-electron chi connectivity index (χ1n) is 6.89. The minimum absolute atomic E-state index is 0.214. The van der Waals surface area contributed by atoms with Crippen LogP contribution in [-0.4, -0.2) is 12.0 Å². The predicted molar refractivity (Wildman–Crippen MR) is 90.2 cm³/mol. The van der Waals surface area contributed by atoms with Gasteiger partial charge in [0.1, 0.15) is 10.8 Å². The quantitative estimate of drug-likeness (QED) is 0.855. The van der Waals surface area contributed by atoms with Gasteiger partial charge in [-0.2, -0.15) is 0 Å². The first-order valence-corrected chi connectivity index (χ1v) is 7.29. The van der Waals surface area contributed by atoms with E-state index < -0.39 is 0 Å². The van der Waals surface area contributed by atoms with Gasteiger partial charge in [-0.1, -0.05) is 31.3 Å². The maximum Gasteiger partial charge on any atom is 0.124 e. The van der Waals surface area contributed by atoms with E-state index in [2.05, 4.69) is 36.1 Å². The lowest BCUT2D eigenvalue weighted by Gasteiger charge is -2.20. The highest BCUT2D eigenvalue weighted by molar-refractivity contribution is 7.80. The first-order chi connectivity index (χ1) is 9.99. The molecule has 0 fully saturated rings. The standard InChI is InChI=1S/C17H19FN2S/c1-3-12-4-6-16(7-5-12)20(2)11-13-8-14(17(19)21)10-15(18)9-13/h4-10H,3,11H2,1-2H3,(H2,19,21). The lowest BCUT2D eigenvalue weighted by atomic mass is 10.1. The molecule has 0 aliphatic rings. The summed E-state index contributed by atoms with van der Waals surface area (Å²) in [6.07, 6.45) is 1.02. The molecule has 0 heterocycles. The summed E-state index contributed by atoms with van der Waals surface area (Å²) in [6, 6.07) is 13.1. The number of benzene rings is 2. The Balaban J connectivity index is 2.18. The van der Waals surface area contributed by atoms with E-state index in [1.165, 1.54) is 17.7 Å². The van der Waals surface area contributed by atoms with Crippen molar-refractivity contribution in [1.29, 1.82) is 0 Å². The molecule has 2 nitrogen and oxygen atoms in total. The zero-order valence-electron chi connectivity index (χ0n) is 12.3. The summed E-state index contributed by atoms with van der Waals surface area (Å²) in [7, 11) is 1.98. The van der Waals surface area contributed by atoms with Gasteiger partial charge in [-0.15, -0.1) is 0 Å². The van der Waals surface area contributed by atoms with Gasteiger partial charge in [0.25, 0.3) is 0 Å². The highest BCUT2D eigenvalue weighted by Crippen LogP contribution is 2.18. The number of nitrogens with zero attached hydrogens (tertiary/aromatic N) is 1. The molecular formula is C17H19FN2S. The van der Waals surface area contributed by atoms with Crippen LogP contribution in [0.15, 0.2) is 42.5 Å². The molecule has 4 heteroatoms. The summed E-state index contributed by atoms with van der Waals surface area (Å²) < 4.78 is 13.6. The van der Waals surface area contributed by atoms with Gasteiger partial charge in [0, 0.05) is 24.8 Å². The molecule has 0 radical (unpaired) electrons. The fourth-order valence-electron chi connectivity index (χ4n) is 2.24. The average Bonchev–Trinajstić information content (AvgIpc) is 2.46. The smallest absolute Gasteiger partial charge is 0.124 e. The minimum atomic E-state index is -0.315. The molecule has 0 spiro atoms. The molecule has 0 unspecified atom stereocenters. The maximum atomic E-state index is 13.6. The van der Waals surface area contributed by atoms with E-state index in [1.807, 2.05) is 13.1 Å². The maximum absolute atomic E-state index is 13.6. The molecule has 0 aliphatic carbocycles. The molecular weight excluding hydrogens is 283 g/mol. The van der Waals surface area contributed by atoms with Crippen molar-refractivity contribution in [2.75, 3.05) is 11.9 Å². The van der Waals surface area contributed by atoms with Crippen LogP contribution < -0.4 is 10.6 Å². The Hall–Kier alpha value is -1.94. The summed E-state index contributed by atoms with van der Waals surface area (Å²) in [6.45, 7) is 2.72. The Kier molecular flexibility index (Phi) is 4.91. The topological polar surface area (TPSA) is 29.3 Å². The van der Waals surface area contributed by atoms with Crippen LogP contribution in [0.25, 0.3) is 0 Å². The highest BCUT2D eigenvalue weighted by atomic mass is 32.1. The predicted octanol–water partition coefficient (Wildman–Crippen LogP) is 3.66. The molecule has 2 aromatic carbocycles. The molecule has 0 aliphatic heterocycles. The number of aryl methyl sites for hydroxylation is 1. The second-order valence-corrected chi connectivity index (χ2v) is 5.53. The molecule has 2 N–H and O–H groups in total. The van der Waals surface area contributed by atoms with Crippen LogP contribution in [0.3, 0.4) is 0 Å². The average molecular weight is 302 g/mol. The second kappa shape index (κ2) is 6.68. The number of halogens is 1. The Morgan fingerprint density at radius 2 is 1.81 bits per heavy atom. The van der Waals surface area contributed by atoms with E-state index >= 15 is 0 Å². The number of rotatable bonds is 5. The largest absolute Gasteiger partial charge is 0.389 e. The van der Waals surface area contributed by atoms with Crippen molar-refractivity contribution in [3.63, 3.8) is 0 Å². The van der Waals surface area contributed by atoms with Gasteiger partial charge in [0.05, 0.1) is 0 Å². The summed E-state index contributed by atoms with van der Waals surface area (Å²) in [5, 5.41) is 0. The fourth-order valence-corrected chi connectivity index (χ4v) is 2.35. The molecule has 0 saturated heterocycles. The van der Waals surface area contributed by atoms with Gasteiger partial charge < -0.3 is 10.6 Å². The monoisotopic (exact) mass is 302 g/mol. The first kappa shape index (κ1) is 15.4. The van der Waals surface area contributed by atoms with E-state index in [0.29, 0.717) is 12.1 Å². The van der Waals surface area contributed by atoms with Crippen molar-refractivity contribution < 1.29 is 4.39 Å². The number of hydrogen-bond acceptors (Lipinski definition) is 2. The number of thiocarbonyl (C=S) groups is 1. The molecule has 2 aromatic rings. The zero-order chi connectivity index (χ0) is 15.4. The number of hydrogen-bond donors (Lipinski definition) is 1. The summed E-state index contributed by atoms with van der Waals surface area (Å²) >= 11 is 4.91. The van der Waals surface area contributed by atoms with Crippen molar-refractivity contribution in [2.24, 2.45) is 5.73 Å². The van der Waals surface area contributed by atoms with Crippen LogP contribution >= 0.6 is 12.2 Å². The summed E-state index contributed by atoms with van der Waals surface area (Å²) in [4.78, 5) is 2.28. The van der Waals surface area contributed by atoms with Crippen molar-refractivity contribution in [3.8, 4) is 0 Å². The lowest BCUT2D eigenvalue weighted by Crippen LogP contribution is -2.17. The SMILES string of the molecule is CCc1ccc(N(C)Cc2cc(F)cc(C(N)=S)c2)cc1. The van der Waals surface area contributed by atoms with E-state index in [9.17, 15) is 4.39 Å². The van der Waals surface area contributed by atoms with Crippen LogP contribution in [-0.2, 0) is 13.0 Å². The number of anilines is 1. The zero-order valence-corrected chi connectivity index (χ0v) is 13.1. The Bertz CT molecular complexity index is 638. The van der Waals surface area contributed by atoms with E-state index in [4.69, 9.17) is 18.0 Å². The van der Waals surface area contributed by atoms with Gasteiger partial charge in [-0.3, -0.25) is 0 Å². The van der Waals surface area contributed by atoms with Gasteiger partial charge in [-0.25, -0.2) is 4.39 Å². The fraction of sp³-hybridized carbons (Fsp3) is 0.235. The van der Waals surface area contributed by atoms with Crippen molar-refractivity contribution in [1.82, 2.24) is 0 Å². The van der Waals surface area contributed by atoms with E-state index in [-0.39, 0.29) is 10.8 Å². The Labute approximate surface area is 130 Å². The molecule has 0 amide bonds. The van der Waals surface area contributed by atoms with E-state index in [1.54, 1.807) is 0 Å². The van der Waals surface area contributed by atoms with Crippen molar-refractivity contribution in [3.05, 3.63) is 65.0 Å². The van der Waals surface area contributed by atoms with Crippen LogP contribution in [0.5, 0.6) is 0 Å². The van der Waals surface area contributed by atoms with Crippen LogP contribution in [0.2, 0.25) is 0 Å². The molecule has 110 valence electrons. The van der Waals surface area contributed by atoms with Crippen LogP contribution in [0, 0.1) is 5.82 Å². The van der Waals surface area contributed by atoms with Gasteiger partial charge in [-0.05, 0) is 47.9 Å². The normalized spacial score (nSPS) is 10.4. The number of nitrogens with two attached hydrogens (primary N) is 1. The third kappa shape index (κ3) is 4.02.